The standard InChI is InChI=1S/C33H34ClN3O4S/c1-24-16-18-29(19-17-24)42(40,41)37(28-14-9-10-25(2)20-28)23-32(38)36(22-27-13-7-8-15-30(27)34)31(33(39)35-3)21-26-11-5-4-6-12-26/h4-20,31H,21-23H2,1-3H3,(H,35,39)/t31-/m0/s1. The molecular weight excluding hydrogens is 570 g/mol. The van der Waals surface area contributed by atoms with Crippen molar-refractivity contribution >= 4 is 39.1 Å². The van der Waals surface area contributed by atoms with E-state index in [1.165, 1.54) is 24.1 Å². The van der Waals surface area contributed by atoms with Crippen molar-refractivity contribution in [3.8, 4) is 0 Å². The molecule has 0 aromatic heterocycles. The molecule has 9 heteroatoms. The second-order valence-electron chi connectivity index (χ2n) is 10.1. The molecule has 4 aromatic carbocycles. The number of aryl methyl sites for hydroxylation is 2. The van der Waals surface area contributed by atoms with Gasteiger partial charge in [-0.25, -0.2) is 8.42 Å². The molecule has 0 heterocycles. The summed E-state index contributed by atoms with van der Waals surface area (Å²) in [6.07, 6.45) is 0.228. The van der Waals surface area contributed by atoms with Crippen LogP contribution in [0, 0.1) is 13.8 Å². The van der Waals surface area contributed by atoms with Gasteiger partial charge >= 0.3 is 0 Å². The van der Waals surface area contributed by atoms with Crippen LogP contribution in [0.1, 0.15) is 22.3 Å². The van der Waals surface area contributed by atoms with Gasteiger partial charge in [0.25, 0.3) is 10.0 Å². The van der Waals surface area contributed by atoms with Crippen LogP contribution in [0.3, 0.4) is 0 Å². The number of anilines is 1. The Balaban J connectivity index is 1.80. The van der Waals surface area contributed by atoms with Crippen LogP contribution in [-0.2, 0) is 32.6 Å². The molecule has 0 spiro atoms. The van der Waals surface area contributed by atoms with E-state index in [-0.39, 0.29) is 23.8 Å². The minimum absolute atomic E-state index is 0.00959. The highest BCUT2D eigenvalue weighted by molar-refractivity contribution is 7.92. The number of amides is 2. The first-order chi connectivity index (χ1) is 20.1. The Kier molecular flexibility index (Phi) is 10.0. The van der Waals surface area contributed by atoms with Crippen LogP contribution in [0.25, 0.3) is 0 Å². The summed E-state index contributed by atoms with van der Waals surface area (Å²) in [5, 5.41) is 3.12. The molecule has 0 aliphatic rings. The van der Waals surface area contributed by atoms with Crippen LogP contribution in [0.15, 0.2) is 108 Å². The molecule has 1 N–H and O–H groups in total. The molecule has 0 bridgehead atoms. The predicted molar refractivity (Wildman–Crippen MR) is 167 cm³/mol. The van der Waals surface area contributed by atoms with E-state index < -0.39 is 28.5 Å². The summed E-state index contributed by atoms with van der Waals surface area (Å²) in [6, 6.07) is 29.0. The van der Waals surface area contributed by atoms with Crippen LogP contribution in [0.2, 0.25) is 5.02 Å². The summed E-state index contributed by atoms with van der Waals surface area (Å²) in [6.45, 7) is 3.21. The maximum atomic E-state index is 14.3. The van der Waals surface area contributed by atoms with Crippen LogP contribution < -0.4 is 9.62 Å². The van der Waals surface area contributed by atoms with Gasteiger partial charge in [-0.2, -0.15) is 0 Å². The number of carbonyl (C=O) groups is 2. The monoisotopic (exact) mass is 603 g/mol. The lowest BCUT2D eigenvalue weighted by Crippen LogP contribution is -2.53. The molecule has 42 heavy (non-hydrogen) atoms. The highest BCUT2D eigenvalue weighted by Crippen LogP contribution is 2.27. The Bertz CT molecular complexity index is 1640. The largest absolute Gasteiger partial charge is 0.357 e. The Morgan fingerprint density at radius 1 is 0.833 bits per heavy atom. The van der Waals surface area contributed by atoms with Crippen molar-refractivity contribution in [1.82, 2.24) is 10.2 Å². The van der Waals surface area contributed by atoms with Gasteiger partial charge in [-0.1, -0.05) is 90.0 Å². The number of benzene rings is 4. The molecule has 2 amide bonds. The number of nitrogens with one attached hydrogen (secondary N) is 1. The summed E-state index contributed by atoms with van der Waals surface area (Å²) in [5.41, 5.74) is 3.58. The summed E-state index contributed by atoms with van der Waals surface area (Å²) in [7, 11) is -2.64. The van der Waals surface area contributed by atoms with E-state index in [0.717, 1.165) is 21.0 Å². The number of hydrogen-bond donors (Lipinski definition) is 1. The Hall–Kier alpha value is -4.14. The van der Waals surface area contributed by atoms with Crippen LogP contribution >= 0.6 is 11.6 Å². The van der Waals surface area contributed by atoms with E-state index in [1.54, 1.807) is 54.6 Å². The summed E-state index contributed by atoms with van der Waals surface area (Å²) < 4.78 is 29.2. The van der Waals surface area contributed by atoms with Gasteiger partial charge in [-0.15, -0.1) is 0 Å². The van der Waals surface area contributed by atoms with Crippen LogP contribution in [0.4, 0.5) is 5.69 Å². The number of sulfonamides is 1. The third-order valence-corrected chi connectivity index (χ3v) is 9.15. The van der Waals surface area contributed by atoms with Gasteiger partial charge in [-0.3, -0.25) is 13.9 Å². The number of carbonyl (C=O) groups excluding carboxylic acids is 2. The molecule has 7 nitrogen and oxygen atoms in total. The number of halogens is 1. The zero-order chi connectivity index (χ0) is 30.3. The fourth-order valence-corrected chi connectivity index (χ4v) is 6.28. The van der Waals surface area contributed by atoms with E-state index in [0.29, 0.717) is 16.3 Å². The topological polar surface area (TPSA) is 86.8 Å². The minimum Gasteiger partial charge on any atom is -0.357 e. The van der Waals surface area contributed by atoms with Crippen LogP contribution in [-0.4, -0.2) is 44.8 Å². The average Bonchev–Trinajstić information content (AvgIpc) is 2.98. The quantitative estimate of drug-likeness (QED) is 0.244. The zero-order valence-electron chi connectivity index (χ0n) is 23.8. The highest BCUT2D eigenvalue weighted by atomic mass is 35.5. The fraction of sp³-hybridized carbons (Fsp3) is 0.212. The summed E-state index contributed by atoms with van der Waals surface area (Å²) in [4.78, 5) is 29.1. The lowest BCUT2D eigenvalue weighted by Gasteiger charge is -2.33. The first-order valence-corrected chi connectivity index (χ1v) is 15.4. The Labute approximate surface area is 252 Å². The van der Waals surface area contributed by atoms with Crippen molar-refractivity contribution < 1.29 is 18.0 Å². The normalized spacial score (nSPS) is 11.9. The fourth-order valence-electron chi connectivity index (χ4n) is 4.68. The van der Waals surface area contributed by atoms with Gasteiger partial charge < -0.3 is 10.2 Å². The number of hydrogen-bond acceptors (Lipinski definition) is 4. The van der Waals surface area contributed by atoms with Crippen LogP contribution in [0.5, 0.6) is 0 Å². The van der Waals surface area contributed by atoms with Crippen molar-refractivity contribution in [2.24, 2.45) is 0 Å². The maximum absolute atomic E-state index is 14.3. The average molecular weight is 604 g/mol. The van der Waals surface area contributed by atoms with Crippen molar-refractivity contribution in [2.75, 3.05) is 17.9 Å². The molecule has 0 saturated carbocycles. The molecule has 0 aliphatic heterocycles. The molecular formula is C33H34ClN3O4S. The zero-order valence-corrected chi connectivity index (χ0v) is 25.4. The number of likely N-dealkylation sites (N-methyl/N-ethyl adjacent to an activating group) is 1. The molecule has 0 saturated heterocycles. The molecule has 0 unspecified atom stereocenters. The smallest absolute Gasteiger partial charge is 0.264 e. The van der Waals surface area contributed by atoms with Gasteiger partial charge in [0, 0.05) is 25.0 Å². The maximum Gasteiger partial charge on any atom is 0.264 e. The third-order valence-electron chi connectivity index (χ3n) is 6.99. The van der Waals surface area contributed by atoms with E-state index >= 15 is 0 Å². The first-order valence-electron chi connectivity index (χ1n) is 13.5. The molecule has 0 radical (unpaired) electrons. The lowest BCUT2D eigenvalue weighted by atomic mass is 10.0. The molecule has 0 aliphatic carbocycles. The molecule has 4 aromatic rings. The molecule has 1 atom stereocenters. The molecule has 4 rings (SSSR count). The lowest BCUT2D eigenvalue weighted by molar-refractivity contribution is -0.139. The van der Waals surface area contributed by atoms with E-state index in [1.807, 2.05) is 50.2 Å². The van der Waals surface area contributed by atoms with Crippen molar-refractivity contribution in [2.45, 2.75) is 37.8 Å². The predicted octanol–water partition coefficient (Wildman–Crippen LogP) is 5.54. The first kappa shape index (κ1) is 30.8. The Morgan fingerprint density at radius 3 is 2.14 bits per heavy atom. The van der Waals surface area contributed by atoms with Gasteiger partial charge in [0.2, 0.25) is 11.8 Å². The minimum atomic E-state index is -4.15. The van der Waals surface area contributed by atoms with Crippen molar-refractivity contribution in [3.05, 3.63) is 130 Å². The third kappa shape index (κ3) is 7.38. The van der Waals surface area contributed by atoms with E-state index in [4.69, 9.17) is 11.6 Å². The summed E-state index contributed by atoms with van der Waals surface area (Å²) >= 11 is 6.49. The summed E-state index contributed by atoms with van der Waals surface area (Å²) in [5.74, 6) is -0.917. The SMILES string of the molecule is CNC(=O)[C@H](Cc1ccccc1)N(Cc1ccccc1Cl)C(=O)CN(c1cccc(C)c1)S(=O)(=O)c1ccc(C)cc1. The van der Waals surface area contributed by atoms with Crippen molar-refractivity contribution in [1.29, 1.82) is 0 Å². The van der Waals surface area contributed by atoms with E-state index in [9.17, 15) is 18.0 Å². The second kappa shape index (κ2) is 13.7. The van der Waals surface area contributed by atoms with E-state index in [2.05, 4.69) is 5.32 Å². The van der Waals surface area contributed by atoms with Gasteiger partial charge in [0.1, 0.15) is 12.6 Å². The highest BCUT2D eigenvalue weighted by Gasteiger charge is 2.34. The molecule has 0 fully saturated rings. The second-order valence-corrected chi connectivity index (χ2v) is 12.4. The number of nitrogens with zero attached hydrogens (tertiary/aromatic N) is 2. The van der Waals surface area contributed by atoms with Gasteiger partial charge in [-0.05, 0) is 60.9 Å². The van der Waals surface area contributed by atoms with Gasteiger partial charge in [0.15, 0.2) is 0 Å². The molecule has 218 valence electrons. The van der Waals surface area contributed by atoms with Crippen molar-refractivity contribution in [3.63, 3.8) is 0 Å². The van der Waals surface area contributed by atoms with Gasteiger partial charge in [0.05, 0.1) is 10.6 Å². The Morgan fingerprint density at radius 2 is 1.50 bits per heavy atom. The number of rotatable bonds is 11.